The molecule has 0 aliphatic carbocycles. The lowest BCUT2D eigenvalue weighted by molar-refractivity contribution is 0.0527. The molecule has 0 aliphatic heterocycles. The second-order valence-electron chi connectivity index (χ2n) is 5.01. The van der Waals surface area contributed by atoms with Crippen molar-refractivity contribution in [3.63, 3.8) is 0 Å². The molecule has 24 heavy (non-hydrogen) atoms. The highest BCUT2D eigenvalue weighted by atomic mass is 35.5. The minimum atomic E-state index is -0.371. The molecule has 3 rings (SSSR count). The predicted octanol–water partition coefficient (Wildman–Crippen LogP) is 4.86. The molecular weight excluding hydrogens is 348 g/mol. The Balaban J connectivity index is 1.90. The Bertz CT molecular complexity index is 948. The zero-order chi connectivity index (χ0) is 17.1. The molecule has 0 spiro atoms. The van der Waals surface area contributed by atoms with Crippen LogP contribution in [-0.2, 0) is 11.4 Å². The molecule has 1 aromatic heterocycles. The van der Waals surface area contributed by atoms with E-state index in [2.05, 4.69) is 5.32 Å². The number of aromatic nitrogens is 1. The largest absolute Gasteiger partial charge is 0.462 e. The van der Waals surface area contributed by atoms with Gasteiger partial charge in [-0.1, -0.05) is 23.7 Å². The van der Waals surface area contributed by atoms with E-state index in [0.717, 1.165) is 5.52 Å². The van der Waals surface area contributed by atoms with E-state index in [1.165, 1.54) is 0 Å². The van der Waals surface area contributed by atoms with Crippen molar-refractivity contribution >= 4 is 46.6 Å². The molecule has 124 valence electrons. The van der Waals surface area contributed by atoms with Crippen molar-refractivity contribution in [2.75, 3.05) is 11.9 Å². The third kappa shape index (κ3) is 3.29. The SMILES string of the molecule is CCOC(=O)c1ccccc1NCn1c(=S)oc2ccc(Cl)cc21. The van der Waals surface area contributed by atoms with Gasteiger partial charge in [-0.3, -0.25) is 4.57 Å². The molecule has 0 saturated heterocycles. The van der Waals surface area contributed by atoms with Gasteiger partial charge in [0, 0.05) is 5.02 Å². The summed E-state index contributed by atoms with van der Waals surface area (Å²) in [5, 5.41) is 3.80. The van der Waals surface area contributed by atoms with Crippen molar-refractivity contribution in [3.05, 3.63) is 57.9 Å². The fraction of sp³-hybridized carbons (Fsp3) is 0.176. The van der Waals surface area contributed by atoms with Crippen LogP contribution in [0.4, 0.5) is 5.69 Å². The normalized spacial score (nSPS) is 10.8. The van der Waals surface area contributed by atoms with Gasteiger partial charge in [-0.2, -0.15) is 0 Å². The number of carbonyl (C=O) groups is 1. The van der Waals surface area contributed by atoms with Gasteiger partial charge in [0.1, 0.15) is 0 Å². The number of hydrogen-bond donors (Lipinski definition) is 1. The predicted molar refractivity (Wildman–Crippen MR) is 96.1 cm³/mol. The maximum atomic E-state index is 12.0. The summed E-state index contributed by atoms with van der Waals surface area (Å²) in [5.74, 6) is -0.371. The van der Waals surface area contributed by atoms with E-state index in [1.807, 2.05) is 12.1 Å². The first-order valence-electron chi connectivity index (χ1n) is 7.39. The summed E-state index contributed by atoms with van der Waals surface area (Å²) in [6.45, 7) is 2.43. The quantitative estimate of drug-likeness (QED) is 0.518. The highest BCUT2D eigenvalue weighted by molar-refractivity contribution is 7.71. The molecule has 0 bridgehead atoms. The molecule has 0 amide bonds. The molecule has 3 aromatic rings. The number of ether oxygens (including phenoxy) is 1. The molecule has 5 nitrogen and oxygen atoms in total. The van der Waals surface area contributed by atoms with E-state index >= 15 is 0 Å². The molecule has 0 unspecified atom stereocenters. The number of hydrogen-bond acceptors (Lipinski definition) is 5. The highest BCUT2D eigenvalue weighted by Gasteiger charge is 2.13. The van der Waals surface area contributed by atoms with Gasteiger partial charge in [0.05, 0.1) is 30.0 Å². The van der Waals surface area contributed by atoms with E-state index < -0.39 is 0 Å². The number of carbonyl (C=O) groups excluding carboxylic acids is 1. The van der Waals surface area contributed by atoms with Crippen molar-refractivity contribution in [2.45, 2.75) is 13.6 Å². The molecule has 0 atom stereocenters. The minimum Gasteiger partial charge on any atom is -0.462 e. The van der Waals surface area contributed by atoms with Gasteiger partial charge in [-0.15, -0.1) is 0 Å². The average Bonchev–Trinajstić information content (AvgIpc) is 2.88. The monoisotopic (exact) mass is 362 g/mol. The molecule has 1 N–H and O–H groups in total. The van der Waals surface area contributed by atoms with Crippen molar-refractivity contribution in [2.24, 2.45) is 0 Å². The molecule has 0 fully saturated rings. The zero-order valence-electron chi connectivity index (χ0n) is 12.9. The summed E-state index contributed by atoms with van der Waals surface area (Å²) in [6, 6.07) is 12.5. The number of benzene rings is 2. The first-order chi connectivity index (χ1) is 11.6. The lowest BCUT2D eigenvalue weighted by atomic mass is 10.2. The van der Waals surface area contributed by atoms with Gasteiger partial charge in [-0.25, -0.2) is 4.79 Å². The fourth-order valence-corrected chi connectivity index (χ4v) is 2.79. The molecule has 0 saturated carbocycles. The smallest absolute Gasteiger partial charge is 0.340 e. The van der Waals surface area contributed by atoms with Crippen LogP contribution in [0.1, 0.15) is 17.3 Å². The third-order valence-corrected chi connectivity index (χ3v) is 4.02. The number of rotatable bonds is 5. The topological polar surface area (TPSA) is 56.4 Å². The van der Waals surface area contributed by atoms with Crippen molar-refractivity contribution in [1.29, 1.82) is 0 Å². The van der Waals surface area contributed by atoms with Crippen molar-refractivity contribution in [1.82, 2.24) is 4.57 Å². The molecule has 2 aromatic carbocycles. The first-order valence-corrected chi connectivity index (χ1v) is 8.17. The van der Waals surface area contributed by atoms with Crippen LogP contribution in [0.5, 0.6) is 0 Å². The van der Waals surface area contributed by atoms with Crippen LogP contribution in [0.15, 0.2) is 46.9 Å². The number of halogens is 1. The Labute approximate surface area is 148 Å². The number of nitrogens with zero attached hydrogens (tertiary/aromatic N) is 1. The van der Waals surface area contributed by atoms with Crippen LogP contribution in [0.25, 0.3) is 11.1 Å². The fourth-order valence-electron chi connectivity index (χ4n) is 2.37. The number of oxazole rings is 1. The Morgan fingerprint density at radius 2 is 2.12 bits per heavy atom. The molecule has 7 heteroatoms. The number of esters is 1. The highest BCUT2D eigenvalue weighted by Crippen LogP contribution is 2.23. The lowest BCUT2D eigenvalue weighted by Gasteiger charge is -2.12. The van der Waals surface area contributed by atoms with Gasteiger partial charge in [0.15, 0.2) is 5.58 Å². The first kappa shape index (κ1) is 16.5. The Kier molecular flexibility index (Phi) is 4.87. The maximum Gasteiger partial charge on any atom is 0.340 e. The Morgan fingerprint density at radius 3 is 2.92 bits per heavy atom. The average molecular weight is 363 g/mol. The van der Waals surface area contributed by atoms with Crippen LogP contribution < -0.4 is 5.32 Å². The molecule has 0 radical (unpaired) electrons. The number of para-hydroxylation sites is 1. The molecule has 1 heterocycles. The van der Waals surface area contributed by atoms with E-state index in [4.69, 9.17) is 33.0 Å². The van der Waals surface area contributed by atoms with E-state index in [-0.39, 0.29) is 5.97 Å². The number of anilines is 1. The Morgan fingerprint density at radius 1 is 1.33 bits per heavy atom. The van der Waals surface area contributed by atoms with E-state index in [1.54, 1.807) is 41.8 Å². The second-order valence-corrected chi connectivity index (χ2v) is 5.79. The summed E-state index contributed by atoms with van der Waals surface area (Å²) in [5.41, 5.74) is 2.57. The van der Waals surface area contributed by atoms with Crippen LogP contribution in [0, 0.1) is 4.84 Å². The van der Waals surface area contributed by atoms with Gasteiger partial charge in [0.2, 0.25) is 0 Å². The summed E-state index contributed by atoms with van der Waals surface area (Å²) in [4.78, 5) is 12.4. The third-order valence-electron chi connectivity index (χ3n) is 3.48. The minimum absolute atomic E-state index is 0.323. The lowest BCUT2D eigenvalue weighted by Crippen LogP contribution is -2.12. The van der Waals surface area contributed by atoms with Crippen LogP contribution in [-0.4, -0.2) is 17.1 Å². The summed E-state index contributed by atoms with van der Waals surface area (Å²) >= 11 is 11.3. The molecule has 0 aliphatic rings. The zero-order valence-corrected chi connectivity index (χ0v) is 14.5. The maximum absolute atomic E-state index is 12.0. The summed E-state index contributed by atoms with van der Waals surface area (Å²) in [6.07, 6.45) is 0. The Hall–Kier alpha value is -2.31. The second kappa shape index (κ2) is 7.07. The van der Waals surface area contributed by atoms with Crippen molar-refractivity contribution < 1.29 is 13.9 Å². The van der Waals surface area contributed by atoms with E-state index in [9.17, 15) is 4.79 Å². The number of nitrogens with one attached hydrogen (secondary N) is 1. The van der Waals surface area contributed by atoms with Crippen LogP contribution in [0.2, 0.25) is 5.02 Å². The molecular formula is C17H15ClN2O3S. The van der Waals surface area contributed by atoms with Gasteiger partial charge in [-0.05, 0) is 49.5 Å². The standard InChI is InChI=1S/C17H15ClN2O3S/c1-2-22-16(21)12-5-3-4-6-13(12)19-10-20-14-9-11(18)7-8-15(14)23-17(20)24/h3-9,19H,2,10H2,1H3. The van der Waals surface area contributed by atoms with Gasteiger partial charge in [0.25, 0.3) is 4.84 Å². The van der Waals surface area contributed by atoms with Crippen LogP contribution >= 0.6 is 23.8 Å². The van der Waals surface area contributed by atoms with Crippen molar-refractivity contribution in [3.8, 4) is 0 Å². The van der Waals surface area contributed by atoms with Gasteiger partial charge < -0.3 is 14.5 Å². The summed E-state index contributed by atoms with van der Waals surface area (Å²) < 4.78 is 12.4. The van der Waals surface area contributed by atoms with Crippen LogP contribution in [0.3, 0.4) is 0 Å². The number of fused-ring (bicyclic) bond motifs is 1. The summed E-state index contributed by atoms with van der Waals surface area (Å²) in [7, 11) is 0. The van der Waals surface area contributed by atoms with Gasteiger partial charge >= 0.3 is 5.97 Å². The van der Waals surface area contributed by atoms with E-state index in [0.29, 0.717) is 40.0 Å².